The molecule has 13 heavy (non-hydrogen) atoms. The van der Waals surface area contributed by atoms with Gasteiger partial charge in [-0.25, -0.2) is 4.98 Å². The van der Waals surface area contributed by atoms with Crippen molar-refractivity contribution >= 4 is 5.82 Å². The molecule has 1 heterocycles. The van der Waals surface area contributed by atoms with E-state index in [4.69, 9.17) is 0 Å². The van der Waals surface area contributed by atoms with Gasteiger partial charge in [0.25, 0.3) is 0 Å². The Morgan fingerprint density at radius 3 is 2.85 bits per heavy atom. The van der Waals surface area contributed by atoms with E-state index in [9.17, 15) is 0 Å². The summed E-state index contributed by atoms with van der Waals surface area (Å²) in [5.74, 6) is 0.996. The predicted molar refractivity (Wildman–Crippen MR) is 54.7 cm³/mol. The standard InChI is InChI=1S/C11H16N2/c1-11(6-4-7-11)9-13-10-5-2-3-8-12-10/h2-3,5,8H,4,6-7,9H2,1H3,(H,12,13). The van der Waals surface area contributed by atoms with Gasteiger partial charge in [-0.05, 0) is 30.4 Å². The summed E-state index contributed by atoms with van der Waals surface area (Å²) in [5, 5.41) is 3.38. The smallest absolute Gasteiger partial charge is 0.125 e. The molecule has 2 heteroatoms. The summed E-state index contributed by atoms with van der Waals surface area (Å²) < 4.78 is 0. The van der Waals surface area contributed by atoms with Gasteiger partial charge in [0.15, 0.2) is 0 Å². The molecule has 0 unspecified atom stereocenters. The fourth-order valence-electron chi connectivity index (χ4n) is 1.73. The molecule has 0 amide bonds. The van der Waals surface area contributed by atoms with Crippen LogP contribution in [0.25, 0.3) is 0 Å². The molecule has 0 saturated heterocycles. The van der Waals surface area contributed by atoms with Crippen LogP contribution in [0.3, 0.4) is 0 Å². The van der Waals surface area contributed by atoms with Gasteiger partial charge < -0.3 is 5.32 Å². The minimum atomic E-state index is 0.525. The third-order valence-corrected chi connectivity index (χ3v) is 2.92. The molecule has 2 rings (SSSR count). The molecule has 0 spiro atoms. The first kappa shape index (κ1) is 8.54. The summed E-state index contributed by atoms with van der Waals surface area (Å²) in [6.45, 7) is 3.40. The van der Waals surface area contributed by atoms with Crippen LogP contribution in [0.2, 0.25) is 0 Å². The third-order valence-electron chi connectivity index (χ3n) is 2.92. The number of anilines is 1. The molecular formula is C11H16N2. The van der Waals surface area contributed by atoms with Crippen LogP contribution in [0.5, 0.6) is 0 Å². The predicted octanol–water partition coefficient (Wildman–Crippen LogP) is 2.68. The molecule has 1 aliphatic rings. The van der Waals surface area contributed by atoms with Crippen LogP contribution in [-0.2, 0) is 0 Å². The van der Waals surface area contributed by atoms with Crippen molar-refractivity contribution in [2.75, 3.05) is 11.9 Å². The van der Waals surface area contributed by atoms with E-state index in [1.807, 2.05) is 24.4 Å². The molecule has 1 saturated carbocycles. The maximum absolute atomic E-state index is 4.23. The van der Waals surface area contributed by atoms with Crippen molar-refractivity contribution in [3.8, 4) is 0 Å². The number of hydrogen-bond donors (Lipinski definition) is 1. The molecular weight excluding hydrogens is 160 g/mol. The van der Waals surface area contributed by atoms with Crippen molar-refractivity contribution in [2.45, 2.75) is 26.2 Å². The lowest BCUT2D eigenvalue weighted by Gasteiger charge is -2.38. The highest BCUT2D eigenvalue weighted by Gasteiger charge is 2.31. The number of nitrogens with zero attached hydrogens (tertiary/aromatic N) is 1. The molecule has 0 aliphatic heterocycles. The normalized spacial score (nSPS) is 19.2. The summed E-state index contributed by atoms with van der Waals surface area (Å²) >= 11 is 0. The highest BCUT2D eigenvalue weighted by molar-refractivity contribution is 5.33. The van der Waals surface area contributed by atoms with Crippen LogP contribution in [0.1, 0.15) is 26.2 Å². The zero-order valence-corrected chi connectivity index (χ0v) is 8.09. The van der Waals surface area contributed by atoms with Gasteiger partial charge in [-0.3, -0.25) is 0 Å². The monoisotopic (exact) mass is 176 g/mol. The van der Waals surface area contributed by atoms with Crippen molar-refractivity contribution in [3.63, 3.8) is 0 Å². The molecule has 1 N–H and O–H groups in total. The van der Waals surface area contributed by atoms with Crippen molar-refractivity contribution in [1.82, 2.24) is 4.98 Å². The Hall–Kier alpha value is -1.05. The zero-order chi connectivity index (χ0) is 9.15. The minimum Gasteiger partial charge on any atom is -0.370 e. The lowest BCUT2D eigenvalue weighted by molar-refractivity contribution is 0.180. The van der Waals surface area contributed by atoms with Crippen LogP contribution in [0.4, 0.5) is 5.82 Å². The number of hydrogen-bond acceptors (Lipinski definition) is 2. The van der Waals surface area contributed by atoms with Crippen LogP contribution < -0.4 is 5.32 Å². The van der Waals surface area contributed by atoms with Gasteiger partial charge >= 0.3 is 0 Å². The van der Waals surface area contributed by atoms with Crippen LogP contribution in [-0.4, -0.2) is 11.5 Å². The Kier molecular flexibility index (Phi) is 2.21. The SMILES string of the molecule is CC1(CNc2ccccn2)CCC1. The minimum absolute atomic E-state index is 0.525. The van der Waals surface area contributed by atoms with Crippen molar-refractivity contribution in [3.05, 3.63) is 24.4 Å². The summed E-state index contributed by atoms with van der Waals surface area (Å²) in [6, 6.07) is 5.97. The molecule has 0 atom stereocenters. The van der Waals surface area contributed by atoms with Crippen LogP contribution >= 0.6 is 0 Å². The van der Waals surface area contributed by atoms with E-state index in [1.54, 1.807) is 0 Å². The van der Waals surface area contributed by atoms with Gasteiger partial charge in [-0.2, -0.15) is 0 Å². The van der Waals surface area contributed by atoms with E-state index < -0.39 is 0 Å². The molecule has 0 aromatic carbocycles. The van der Waals surface area contributed by atoms with E-state index in [0.717, 1.165) is 12.4 Å². The molecule has 1 fully saturated rings. The van der Waals surface area contributed by atoms with Gasteiger partial charge in [0.1, 0.15) is 5.82 Å². The average Bonchev–Trinajstić information content (AvgIpc) is 2.13. The van der Waals surface area contributed by atoms with E-state index in [1.165, 1.54) is 19.3 Å². The highest BCUT2D eigenvalue weighted by atomic mass is 15.0. The first-order valence-corrected chi connectivity index (χ1v) is 4.93. The number of nitrogens with one attached hydrogen (secondary N) is 1. The van der Waals surface area contributed by atoms with E-state index >= 15 is 0 Å². The van der Waals surface area contributed by atoms with Gasteiger partial charge in [-0.1, -0.05) is 19.4 Å². The zero-order valence-electron chi connectivity index (χ0n) is 8.09. The van der Waals surface area contributed by atoms with E-state index in [-0.39, 0.29) is 0 Å². The van der Waals surface area contributed by atoms with E-state index in [0.29, 0.717) is 5.41 Å². The summed E-state index contributed by atoms with van der Waals surface area (Å²) in [4.78, 5) is 4.23. The van der Waals surface area contributed by atoms with Crippen molar-refractivity contribution < 1.29 is 0 Å². The largest absolute Gasteiger partial charge is 0.370 e. The first-order valence-electron chi connectivity index (χ1n) is 4.93. The molecule has 70 valence electrons. The highest BCUT2D eigenvalue weighted by Crippen LogP contribution is 2.39. The molecule has 1 aromatic rings. The first-order chi connectivity index (χ1) is 6.29. The number of aromatic nitrogens is 1. The summed E-state index contributed by atoms with van der Waals surface area (Å²) in [5.41, 5.74) is 0.525. The fourth-order valence-corrected chi connectivity index (χ4v) is 1.73. The Labute approximate surface area is 79.4 Å². The maximum atomic E-state index is 4.23. The maximum Gasteiger partial charge on any atom is 0.125 e. The third kappa shape index (κ3) is 2.00. The Morgan fingerprint density at radius 2 is 2.31 bits per heavy atom. The fraction of sp³-hybridized carbons (Fsp3) is 0.545. The van der Waals surface area contributed by atoms with Gasteiger partial charge in [0.2, 0.25) is 0 Å². The van der Waals surface area contributed by atoms with Crippen molar-refractivity contribution in [1.29, 1.82) is 0 Å². The van der Waals surface area contributed by atoms with Crippen LogP contribution in [0, 0.1) is 5.41 Å². The summed E-state index contributed by atoms with van der Waals surface area (Å²) in [7, 11) is 0. The molecule has 2 nitrogen and oxygen atoms in total. The molecule has 0 bridgehead atoms. The van der Waals surface area contributed by atoms with Gasteiger partial charge in [-0.15, -0.1) is 0 Å². The quantitative estimate of drug-likeness (QED) is 0.766. The average molecular weight is 176 g/mol. The van der Waals surface area contributed by atoms with E-state index in [2.05, 4.69) is 17.2 Å². The summed E-state index contributed by atoms with van der Waals surface area (Å²) in [6.07, 6.45) is 5.92. The lowest BCUT2D eigenvalue weighted by Crippen LogP contribution is -2.33. The second kappa shape index (κ2) is 3.36. The lowest BCUT2D eigenvalue weighted by atomic mass is 9.70. The number of pyridine rings is 1. The topological polar surface area (TPSA) is 24.9 Å². The molecule has 1 aliphatic carbocycles. The second-order valence-corrected chi connectivity index (χ2v) is 4.23. The van der Waals surface area contributed by atoms with Crippen LogP contribution in [0.15, 0.2) is 24.4 Å². The van der Waals surface area contributed by atoms with Gasteiger partial charge in [0, 0.05) is 12.7 Å². The Balaban J connectivity index is 1.86. The Morgan fingerprint density at radius 1 is 1.46 bits per heavy atom. The molecule has 0 radical (unpaired) electrons. The Bertz CT molecular complexity index is 265. The number of rotatable bonds is 3. The second-order valence-electron chi connectivity index (χ2n) is 4.23. The van der Waals surface area contributed by atoms with Crippen molar-refractivity contribution in [2.24, 2.45) is 5.41 Å². The molecule has 1 aromatic heterocycles. The van der Waals surface area contributed by atoms with Gasteiger partial charge in [0.05, 0.1) is 0 Å².